The van der Waals surface area contributed by atoms with E-state index in [0.717, 1.165) is 25.8 Å². The minimum atomic E-state index is -1.07. The second kappa shape index (κ2) is 5.16. The molecule has 0 aliphatic carbocycles. The number of likely N-dealkylation sites (tertiary alicyclic amines) is 1. The zero-order valence-corrected chi connectivity index (χ0v) is 10.2. The Hall–Kier alpha value is -1.92. The van der Waals surface area contributed by atoms with E-state index in [2.05, 4.69) is 10.3 Å². The van der Waals surface area contributed by atoms with E-state index in [4.69, 9.17) is 5.11 Å². The maximum atomic E-state index is 11.3. The van der Waals surface area contributed by atoms with Crippen LogP contribution < -0.4 is 0 Å². The van der Waals surface area contributed by atoms with Crippen molar-refractivity contribution in [1.82, 2.24) is 19.9 Å². The Morgan fingerprint density at radius 1 is 1.39 bits per heavy atom. The molecule has 1 atom stereocenters. The standard InChI is InChI=1S/C11H16N4O3/c1-8(16)14-5-2-3-9(4-6-14)15-7-10(11(17)18)12-13-15/h7,9H,2-6H2,1H3,(H,17,18). The van der Waals surface area contributed by atoms with Crippen LogP contribution in [0.4, 0.5) is 0 Å². The van der Waals surface area contributed by atoms with Crippen LogP contribution in [0.25, 0.3) is 0 Å². The molecular formula is C11H16N4O3. The number of hydrogen-bond donors (Lipinski definition) is 1. The van der Waals surface area contributed by atoms with Crippen molar-refractivity contribution in [2.75, 3.05) is 13.1 Å². The second-order valence-electron chi connectivity index (χ2n) is 4.48. The number of carboxylic acid groups (broad SMARTS) is 1. The average Bonchev–Trinajstić information content (AvgIpc) is 2.67. The Morgan fingerprint density at radius 3 is 2.78 bits per heavy atom. The third kappa shape index (κ3) is 2.66. The van der Waals surface area contributed by atoms with Crippen molar-refractivity contribution in [2.45, 2.75) is 32.2 Å². The lowest BCUT2D eigenvalue weighted by Gasteiger charge is -2.18. The molecule has 98 valence electrons. The van der Waals surface area contributed by atoms with Gasteiger partial charge >= 0.3 is 5.97 Å². The molecule has 1 unspecified atom stereocenters. The third-order valence-electron chi connectivity index (χ3n) is 3.25. The molecule has 0 saturated carbocycles. The number of aromatic nitrogens is 3. The first kappa shape index (κ1) is 12.5. The Morgan fingerprint density at radius 2 is 2.17 bits per heavy atom. The largest absolute Gasteiger partial charge is 0.476 e. The zero-order chi connectivity index (χ0) is 13.1. The van der Waals surface area contributed by atoms with Crippen LogP contribution in [0.5, 0.6) is 0 Å². The maximum Gasteiger partial charge on any atom is 0.358 e. The van der Waals surface area contributed by atoms with Crippen LogP contribution in [0.2, 0.25) is 0 Å². The highest BCUT2D eigenvalue weighted by Gasteiger charge is 2.21. The highest BCUT2D eigenvalue weighted by Crippen LogP contribution is 2.21. The Labute approximate surface area is 104 Å². The van der Waals surface area contributed by atoms with Gasteiger partial charge in [-0.3, -0.25) is 4.79 Å². The fraction of sp³-hybridized carbons (Fsp3) is 0.636. The fourth-order valence-corrected chi connectivity index (χ4v) is 2.21. The number of carbonyl (C=O) groups excluding carboxylic acids is 1. The SMILES string of the molecule is CC(=O)N1CCCC(n2cc(C(=O)O)nn2)CC1. The number of carboxylic acids is 1. The van der Waals surface area contributed by atoms with Gasteiger partial charge in [-0.1, -0.05) is 5.21 Å². The maximum absolute atomic E-state index is 11.3. The Bertz CT molecular complexity index is 457. The molecule has 18 heavy (non-hydrogen) atoms. The molecule has 7 nitrogen and oxygen atoms in total. The summed E-state index contributed by atoms with van der Waals surface area (Å²) < 4.78 is 1.60. The quantitative estimate of drug-likeness (QED) is 0.830. The highest BCUT2D eigenvalue weighted by molar-refractivity contribution is 5.84. The fourth-order valence-electron chi connectivity index (χ4n) is 2.21. The lowest BCUT2D eigenvalue weighted by molar-refractivity contribution is -0.128. The smallest absolute Gasteiger partial charge is 0.358 e. The van der Waals surface area contributed by atoms with Crippen LogP contribution in [-0.4, -0.2) is 50.0 Å². The Balaban J connectivity index is 2.05. The molecule has 1 N–H and O–H groups in total. The molecule has 1 aliphatic rings. The van der Waals surface area contributed by atoms with Gasteiger partial charge in [0, 0.05) is 20.0 Å². The number of aromatic carboxylic acids is 1. The van der Waals surface area contributed by atoms with Crippen LogP contribution >= 0.6 is 0 Å². The molecule has 1 saturated heterocycles. The summed E-state index contributed by atoms with van der Waals surface area (Å²) in [5.74, 6) is -0.985. The molecule has 2 heterocycles. The van der Waals surface area contributed by atoms with E-state index in [9.17, 15) is 9.59 Å². The zero-order valence-electron chi connectivity index (χ0n) is 10.2. The van der Waals surface area contributed by atoms with E-state index >= 15 is 0 Å². The van der Waals surface area contributed by atoms with Crippen molar-refractivity contribution in [2.24, 2.45) is 0 Å². The number of amides is 1. The molecule has 0 radical (unpaired) electrons. The molecular weight excluding hydrogens is 236 g/mol. The van der Waals surface area contributed by atoms with Gasteiger partial charge in [0.05, 0.1) is 12.2 Å². The van der Waals surface area contributed by atoms with Crippen LogP contribution in [0, 0.1) is 0 Å². The summed E-state index contributed by atoms with van der Waals surface area (Å²) in [6, 6.07) is 0.120. The molecule has 0 aromatic carbocycles. The van der Waals surface area contributed by atoms with E-state index < -0.39 is 5.97 Å². The van der Waals surface area contributed by atoms with Crippen molar-refractivity contribution in [3.8, 4) is 0 Å². The first-order chi connectivity index (χ1) is 8.58. The van der Waals surface area contributed by atoms with E-state index in [1.165, 1.54) is 6.20 Å². The summed E-state index contributed by atoms with van der Waals surface area (Å²) in [6.07, 6.45) is 4.01. The van der Waals surface area contributed by atoms with Crippen molar-refractivity contribution in [3.63, 3.8) is 0 Å². The molecule has 1 fully saturated rings. The van der Waals surface area contributed by atoms with E-state index in [-0.39, 0.29) is 17.6 Å². The molecule has 0 spiro atoms. The Kier molecular flexibility index (Phi) is 3.59. The second-order valence-corrected chi connectivity index (χ2v) is 4.48. The summed E-state index contributed by atoms with van der Waals surface area (Å²) in [6.45, 7) is 3.01. The van der Waals surface area contributed by atoms with Crippen molar-refractivity contribution in [3.05, 3.63) is 11.9 Å². The monoisotopic (exact) mass is 252 g/mol. The van der Waals surface area contributed by atoms with Gasteiger partial charge in [0.15, 0.2) is 5.69 Å². The first-order valence-corrected chi connectivity index (χ1v) is 5.98. The number of nitrogens with zero attached hydrogens (tertiary/aromatic N) is 4. The predicted molar refractivity (Wildman–Crippen MR) is 62.1 cm³/mol. The van der Waals surface area contributed by atoms with Gasteiger partial charge < -0.3 is 10.0 Å². The van der Waals surface area contributed by atoms with Crippen LogP contribution in [0.15, 0.2) is 6.20 Å². The first-order valence-electron chi connectivity index (χ1n) is 5.98. The van der Waals surface area contributed by atoms with Gasteiger partial charge in [-0.15, -0.1) is 5.10 Å². The van der Waals surface area contributed by atoms with Crippen molar-refractivity contribution < 1.29 is 14.7 Å². The van der Waals surface area contributed by atoms with Gasteiger partial charge in [-0.05, 0) is 19.3 Å². The summed E-state index contributed by atoms with van der Waals surface area (Å²) in [5, 5.41) is 16.3. The molecule has 2 rings (SSSR count). The number of hydrogen-bond acceptors (Lipinski definition) is 4. The van der Waals surface area contributed by atoms with Gasteiger partial charge in [-0.2, -0.15) is 0 Å². The van der Waals surface area contributed by atoms with Gasteiger partial charge in [0.2, 0.25) is 5.91 Å². The van der Waals surface area contributed by atoms with E-state index in [1.54, 1.807) is 11.6 Å². The predicted octanol–water partition coefficient (Wildman–Crippen LogP) is 0.550. The minimum absolute atomic E-state index is 0.0392. The molecule has 0 bridgehead atoms. The normalized spacial score (nSPS) is 20.5. The number of rotatable bonds is 2. The van der Waals surface area contributed by atoms with Crippen molar-refractivity contribution >= 4 is 11.9 Å². The summed E-state index contributed by atoms with van der Waals surface area (Å²) in [5.41, 5.74) is -0.0392. The molecule has 1 aromatic rings. The van der Waals surface area contributed by atoms with Crippen molar-refractivity contribution in [1.29, 1.82) is 0 Å². The lowest BCUT2D eigenvalue weighted by atomic mass is 10.1. The van der Waals surface area contributed by atoms with Crippen LogP contribution in [0.1, 0.15) is 42.7 Å². The van der Waals surface area contributed by atoms with Crippen LogP contribution in [0.3, 0.4) is 0 Å². The molecule has 7 heteroatoms. The highest BCUT2D eigenvalue weighted by atomic mass is 16.4. The number of carbonyl (C=O) groups is 2. The van der Waals surface area contributed by atoms with Crippen LogP contribution in [-0.2, 0) is 4.79 Å². The average molecular weight is 252 g/mol. The molecule has 1 aromatic heterocycles. The van der Waals surface area contributed by atoms with Gasteiger partial charge in [0.25, 0.3) is 0 Å². The minimum Gasteiger partial charge on any atom is -0.476 e. The van der Waals surface area contributed by atoms with E-state index in [0.29, 0.717) is 6.54 Å². The summed E-state index contributed by atoms with van der Waals surface area (Å²) in [7, 11) is 0. The topological polar surface area (TPSA) is 88.3 Å². The molecule has 1 aliphatic heterocycles. The van der Waals surface area contributed by atoms with Gasteiger partial charge in [0.1, 0.15) is 0 Å². The third-order valence-corrected chi connectivity index (χ3v) is 3.25. The lowest BCUT2D eigenvalue weighted by Crippen LogP contribution is -2.29. The summed E-state index contributed by atoms with van der Waals surface area (Å²) >= 11 is 0. The van der Waals surface area contributed by atoms with Gasteiger partial charge in [-0.25, -0.2) is 9.48 Å². The summed E-state index contributed by atoms with van der Waals surface area (Å²) in [4.78, 5) is 23.9. The molecule has 1 amide bonds. The van der Waals surface area contributed by atoms with E-state index in [1.807, 2.05) is 4.90 Å².